The second kappa shape index (κ2) is 6.60. The van der Waals surface area contributed by atoms with Gasteiger partial charge in [0.05, 0.1) is 6.10 Å². The molecule has 5 heteroatoms. The van der Waals surface area contributed by atoms with Gasteiger partial charge in [0.25, 0.3) is 0 Å². The van der Waals surface area contributed by atoms with Crippen molar-refractivity contribution in [2.45, 2.75) is 52.3 Å². The van der Waals surface area contributed by atoms with Gasteiger partial charge in [0.1, 0.15) is 12.2 Å². The summed E-state index contributed by atoms with van der Waals surface area (Å²) >= 11 is 0. The number of nitrogens with one attached hydrogen (secondary N) is 1. The molecule has 0 amide bonds. The van der Waals surface area contributed by atoms with Crippen LogP contribution in [0.25, 0.3) is 0 Å². The van der Waals surface area contributed by atoms with Gasteiger partial charge in [-0.1, -0.05) is 20.8 Å². The van der Waals surface area contributed by atoms with Crippen molar-refractivity contribution < 1.29 is 5.11 Å². The summed E-state index contributed by atoms with van der Waals surface area (Å²) in [5.41, 5.74) is 0. The Morgan fingerprint density at radius 3 is 2.88 bits per heavy atom. The summed E-state index contributed by atoms with van der Waals surface area (Å²) in [4.78, 5) is 4.17. The Morgan fingerprint density at radius 1 is 1.50 bits per heavy atom. The van der Waals surface area contributed by atoms with Crippen LogP contribution >= 0.6 is 0 Å². The molecule has 1 atom stereocenters. The number of nitrogens with zero attached hydrogens (tertiary/aromatic N) is 3. The third-order valence-corrected chi connectivity index (χ3v) is 2.31. The Labute approximate surface area is 96.9 Å². The van der Waals surface area contributed by atoms with Gasteiger partial charge in [0.2, 0.25) is 0 Å². The highest BCUT2D eigenvalue weighted by Crippen LogP contribution is 2.00. The van der Waals surface area contributed by atoms with Crippen LogP contribution in [0.3, 0.4) is 0 Å². The molecule has 0 aromatic carbocycles. The minimum Gasteiger partial charge on any atom is -0.391 e. The second-order valence-corrected chi connectivity index (χ2v) is 4.32. The fourth-order valence-corrected chi connectivity index (χ4v) is 1.50. The van der Waals surface area contributed by atoms with Crippen LogP contribution in [0.15, 0.2) is 6.33 Å². The first-order chi connectivity index (χ1) is 7.63. The Hall–Kier alpha value is -0.940. The monoisotopic (exact) mass is 226 g/mol. The van der Waals surface area contributed by atoms with Crippen molar-refractivity contribution in [3.63, 3.8) is 0 Å². The molecule has 5 nitrogen and oxygen atoms in total. The molecule has 1 unspecified atom stereocenters. The molecular formula is C11H22N4O. The van der Waals surface area contributed by atoms with Gasteiger partial charge in [0.15, 0.2) is 0 Å². The lowest BCUT2D eigenvalue weighted by Gasteiger charge is -2.14. The lowest BCUT2D eigenvalue weighted by atomic mass is 10.2. The summed E-state index contributed by atoms with van der Waals surface area (Å²) in [7, 11) is 0. The van der Waals surface area contributed by atoms with Gasteiger partial charge in [-0.2, -0.15) is 5.10 Å². The molecular weight excluding hydrogens is 204 g/mol. The van der Waals surface area contributed by atoms with Crippen molar-refractivity contribution in [3.05, 3.63) is 12.2 Å². The van der Waals surface area contributed by atoms with Crippen LogP contribution in [0, 0.1) is 0 Å². The van der Waals surface area contributed by atoms with Gasteiger partial charge in [-0.25, -0.2) is 4.98 Å². The summed E-state index contributed by atoms with van der Waals surface area (Å²) in [6.45, 7) is 7.68. The molecule has 0 aliphatic rings. The zero-order valence-electron chi connectivity index (χ0n) is 10.3. The molecule has 1 aromatic rings. The summed E-state index contributed by atoms with van der Waals surface area (Å²) < 4.78 is 1.86. The van der Waals surface area contributed by atoms with E-state index in [4.69, 9.17) is 0 Å². The minimum absolute atomic E-state index is 0.392. The van der Waals surface area contributed by atoms with Gasteiger partial charge in [-0.15, -0.1) is 0 Å². The van der Waals surface area contributed by atoms with Crippen molar-refractivity contribution in [1.29, 1.82) is 0 Å². The number of hydrogen-bond acceptors (Lipinski definition) is 4. The number of aryl methyl sites for hydroxylation is 1. The molecule has 0 saturated carbocycles. The molecule has 1 aromatic heterocycles. The molecule has 16 heavy (non-hydrogen) atoms. The van der Waals surface area contributed by atoms with Crippen molar-refractivity contribution in [1.82, 2.24) is 20.1 Å². The van der Waals surface area contributed by atoms with E-state index in [-0.39, 0.29) is 0 Å². The molecule has 0 fully saturated rings. The molecule has 0 saturated heterocycles. The predicted octanol–water partition coefficient (Wildman–Crippen LogP) is 0.589. The summed E-state index contributed by atoms with van der Waals surface area (Å²) in [5, 5.41) is 17.1. The van der Waals surface area contributed by atoms with Gasteiger partial charge in [-0.3, -0.25) is 4.68 Å². The lowest BCUT2D eigenvalue weighted by Crippen LogP contribution is -2.33. The maximum absolute atomic E-state index is 9.82. The fraction of sp³-hybridized carbons (Fsp3) is 0.818. The molecule has 0 bridgehead atoms. The van der Waals surface area contributed by atoms with Gasteiger partial charge in [0, 0.05) is 25.6 Å². The van der Waals surface area contributed by atoms with E-state index >= 15 is 0 Å². The molecule has 0 aliphatic carbocycles. The molecule has 0 radical (unpaired) electrons. The molecule has 92 valence electrons. The van der Waals surface area contributed by atoms with E-state index in [0.717, 1.165) is 18.8 Å². The highest BCUT2D eigenvalue weighted by atomic mass is 16.3. The van der Waals surface area contributed by atoms with Crippen molar-refractivity contribution in [2.24, 2.45) is 0 Å². The van der Waals surface area contributed by atoms with Crippen molar-refractivity contribution in [2.75, 3.05) is 6.54 Å². The SMILES string of the molecule is CCCn1ncnc1CC(O)CNC(C)C. The first-order valence-corrected chi connectivity index (χ1v) is 5.91. The molecule has 0 spiro atoms. The maximum atomic E-state index is 9.82. The van der Waals surface area contributed by atoms with Crippen LogP contribution < -0.4 is 5.32 Å². The zero-order valence-corrected chi connectivity index (χ0v) is 10.3. The zero-order chi connectivity index (χ0) is 12.0. The first-order valence-electron chi connectivity index (χ1n) is 5.91. The average Bonchev–Trinajstić information content (AvgIpc) is 2.63. The number of aliphatic hydroxyl groups is 1. The van der Waals surface area contributed by atoms with Gasteiger partial charge >= 0.3 is 0 Å². The quantitative estimate of drug-likeness (QED) is 0.714. The highest BCUT2D eigenvalue weighted by molar-refractivity contribution is 4.88. The number of rotatable bonds is 7. The van der Waals surface area contributed by atoms with Crippen molar-refractivity contribution in [3.8, 4) is 0 Å². The molecule has 0 aliphatic heterocycles. The van der Waals surface area contributed by atoms with Crippen LogP contribution in [0.5, 0.6) is 0 Å². The summed E-state index contributed by atoms with van der Waals surface area (Å²) in [6, 6.07) is 0.392. The van der Waals surface area contributed by atoms with Crippen molar-refractivity contribution >= 4 is 0 Å². The number of aromatic nitrogens is 3. The Bertz CT molecular complexity index is 298. The lowest BCUT2D eigenvalue weighted by molar-refractivity contribution is 0.165. The van der Waals surface area contributed by atoms with Crippen LogP contribution in [-0.4, -0.2) is 38.6 Å². The van der Waals surface area contributed by atoms with Crippen LogP contribution in [0.1, 0.15) is 33.0 Å². The molecule has 1 rings (SSSR count). The fourth-order valence-electron chi connectivity index (χ4n) is 1.50. The first kappa shape index (κ1) is 13.1. The van der Waals surface area contributed by atoms with E-state index in [0.29, 0.717) is 19.0 Å². The maximum Gasteiger partial charge on any atom is 0.138 e. The van der Waals surface area contributed by atoms with E-state index in [1.807, 2.05) is 4.68 Å². The van der Waals surface area contributed by atoms with Crippen LogP contribution in [-0.2, 0) is 13.0 Å². The topological polar surface area (TPSA) is 63.0 Å². The third kappa shape index (κ3) is 4.28. The highest BCUT2D eigenvalue weighted by Gasteiger charge is 2.11. The van der Waals surface area contributed by atoms with Crippen LogP contribution in [0.2, 0.25) is 0 Å². The van der Waals surface area contributed by atoms with E-state index in [1.165, 1.54) is 0 Å². The molecule has 2 N–H and O–H groups in total. The van der Waals surface area contributed by atoms with E-state index < -0.39 is 6.10 Å². The Kier molecular flexibility index (Phi) is 5.42. The minimum atomic E-state index is -0.401. The van der Waals surface area contributed by atoms with Gasteiger partial charge < -0.3 is 10.4 Å². The van der Waals surface area contributed by atoms with Gasteiger partial charge in [-0.05, 0) is 6.42 Å². The van der Waals surface area contributed by atoms with E-state index in [1.54, 1.807) is 6.33 Å². The predicted molar refractivity (Wildman–Crippen MR) is 63.2 cm³/mol. The number of aliphatic hydroxyl groups excluding tert-OH is 1. The summed E-state index contributed by atoms with van der Waals surface area (Å²) in [5.74, 6) is 0.861. The molecule has 1 heterocycles. The van der Waals surface area contributed by atoms with E-state index in [2.05, 4.69) is 36.2 Å². The summed E-state index contributed by atoms with van der Waals surface area (Å²) in [6.07, 6.45) is 2.73. The normalized spacial score (nSPS) is 13.3. The number of hydrogen-bond donors (Lipinski definition) is 2. The largest absolute Gasteiger partial charge is 0.391 e. The standard InChI is InChI=1S/C11H22N4O/c1-4-5-15-11(13-8-14-15)6-10(16)7-12-9(2)3/h8-10,12,16H,4-7H2,1-3H3. The van der Waals surface area contributed by atoms with Crippen LogP contribution in [0.4, 0.5) is 0 Å². The van der Waals surface area contributed by atoms with E-state index in [9.17, 15) is 5.11 Å². The third-order valence-electron chi connectivity index (χ3n) is 2.31. The Balaban J connectivity index is 2.42. The second-order valence-electron chi connectivity index (χ2n) is 4.32. The Morgan fingerprint density at radius 2 is 2.25 bits per heavy atom. The smallest absolute Gasteiger partial charge is 0.138 e. The average molecular weight is 226 g/mol.